The summed E-state index contributed by atoms with van der Waals surface area (Å²) in [6.07, 6.45) is 2.47. The summed E-state index contributed by atoms with van der Waals surface area (Å²) in [4.78, 5) is 14.0. The number of nitrogens with zero attached hydrogens (tertiary/aromatic N) is 3. The summed E-state index contributed by atoms with van der Waals surface area (Å²) in [5.41, 5.74) is 0.550. The minimum absolute atomic E-state index is 0.136. The minimum atomic E-state index is -0.478. The van der Waals surface area contributed by atoms with Gasteiger partial charge < -0.3 is 15.0 Å². The van der Waals surface area contributed by atoms with Gasteiger partial charge in [-0.3, -0.25) is 0 Å². The van der Waals surface area contributed by atoms with Crippen molar-refractivity contribution in [3.8, 4) is 0 Å². The van der Waals surface area contributed by atoms with Gasteiger partial charge in [0.2, 0.25) is 0 Å². The van der Waals surface area contributed by atoms with Crippen LogP contribution in [-0.4, -0.2) is 45.9 Å². The minimum Gasteiger partial charge on any atom is -0.444 e. The average Bonchev–Trinajstić information content (AvgIpc) is 2.47. The molecule has 1 fully saturated rings. The number of anilines is 1. The summed E-state index contributed by atoms with van der Waals surface area (Å²) in [6.45, 7) is 9.00. The first-order chi connectivity index (χ1) is 10.8. The van der Waals surface area contributed by atoms with Gasteiger partial charge in [0, 0.05) is 19.1 Å². The molecule has 6 nitrogen and oxygen atoms in total. The van der Waals surface area contributed by atoms with Crippen LogP contribution in [0.1, 0.15) is 46.1 Å². The van der Waals surface area contributed by atoms with Crippen LogP contribution >= 0.6 is 11.6 Å². The van der Waals surface area contributed by atoms with Gasteiger partial charge in [-0.05, 0) is 51.7 Å². The maximum absolute atomic E-state index is 12.2. The van der Waals surface area contributed by atoms with Gasteiger partial charge in [-0.2, -0.15) is 0 Å². The quantitative estimate of drug-likeness (QED) is 0.912. The molecule has 1 N–H and O–H groups in total. The Hall–Kier alpha value is -1.56. The molecule has 1 aromatic rings. The fourth-order valence-corrected chi connectivity index (χ4v) is 2.74. The highest BCUT2D eigenvalue weighted by atomic mass is 35.5. The number of likely N-dealkylation sites (tertiary alicyclic amines) is 1. The zero-order valence-electron chi connectivity index (χ0n) is 14.2. The lowest BCUT2D eigenvalue weighted by molar-refractivity contribution is 0.0206. The first-order valence-corrected chi connectivity index (χ1v) is 8.43. The van der Waals surface area contributed by atoms with Gasteiger partial charge in [0.25, 0.3) is 0 Å². The van der Waals surface area contributed by atoms with Crippen molar-refractivity contribution in [3.63, 3.8) is 0 Å². The molecule has 0 spiro atoms. The first-order valence-electron chi connectivity index (χ1n) is 8.05. The van der Waals surface area contributed by atoms with Crippen LogP contribution < -0.4 is 5.32 Å². The molecular weight excluding hydrogens is 316 g/mol. The second-order valence-electron chi connectivity index (χ2n) is 6.80. The Morgan fingerprint density at radius 3 is 2.87 bits per heavy atom. The highest BCUT2D eigenvalue weighted by molar-refractivity contribution is 6.29. The summed E-state index contributed by atoms with van der Waals surface area (Å²) < 4.78 is 5.45. The Morgan fingerprint density at radius 1 is 1.48 bits per heavy atom. The fraction of sp³-hybridized carbons (Fsp3) is 0.688. The molecule has 0 bridgehead atoms. The van der Waals surface area contributed by atoms with Crippen molar-refractivity contribution < 1.29 is 9.53 Å². The van der Waals surface area contributed by atoms with Crippen LogP contribution in [-0.2, 0) is 11.2 Å². The van der Waals surface area contributed by atoms with Crippen molar-refractivity contribution in [2.75, 3.05) is 18.4 Å². The molecule has 0 aromatic carbocycles. The van der Waals surface area contributed by atoms with Crippen molar-refractivity contribution in [3.05, 3.63) is 16.8 Å². The summed E-state index contributed by atoms with van der Waals surface area (Å²) in [7, 11) is 0. The third kappa shape index (κ3) is 5.23. The number of hydrogen-bond donors (Lipinski definition) is 1. The van der Waals surface area contributed by atoms with Crippen LogP contribution in [0.25, 0.3) is 0 Å². The number of nitrogens with one attached hydrogen (secondary N) is 1. The smallest absolute Gasteiger partial charge is 0.410 e. The summed E-state index contributed by atoms with van der Waals surface area (Å²) in [6, 6.07) is 1.96. The number of rotatable bonds is 3. The molecule has 128 valence electrons. The fourth-order valence-electron chi connectivity index (χ4n) is 2.57. The number of aromatic nitrogens is 2. The number of hydrogen-bond acceptors (Lipinski definition) is 5. The van der Waals surface area contributed by atoms with E-state index in [-0.39, 0.29) is 12.1 Å². The maximum Gasteiger partial charge on any atom is 0.410 e. The predicted octanol–water partition coefficient (Wildman–Crippen LogP) is 3.50. The molecule has 1 aliphatic heterocycles. The largest absolute Gasteiger partial charge is 0.444 e. The third-order valence-electron chi connectivity index (χ3n) is 3.64. The topological polar surface area (TPSA) is 67.4 Å². The standard InChI is InChI=1S/C16H25ClN4O2/c1-5-11-9-13(17)19-20-14(11)18-12-7-6-8-21(10-12)15(22)23-16(2,3)4/h9,12H,5-8,10H2,1-4H3,(H,18,20)/t12-/m1/s1. The Kier molecular flexibility index (Phi) is 5.68. The van der Waals surface area contributed by atoms with E-state index in [1.54, 1.807) is 4.90 Å². The predicted molar refractivity (Wildman–Crippen MR) is 90.9 cm³/mol. The van der Waals surface area contributed by atoms with Crippen molar-refractivity contribution in [2.45, 2.75) is 58.6 Å². The molecule has 7 heteroatoms. The highest BCUT2D eigenvalue weighted by Gasteiger charge is 2.28. The van der Waals surface area contributed by atoms with Crippen LogP contribution in [0.15, 0.2) is 6.07 Å². The zero-order valence-corrected chi connectivity index (χ0v) is 15.0. The number of amides is 1. The van der Waals surface area contributed by atoms with E-state index in [9.17, 15) is 4.79 Å². The van der Waals surface area contributed by atoms with E-state index in [0.717, 1.165) is 37.2 Å². The molecule has 2 heterocycles. The number of halogens is 1. The second kappa shape index (κ2) is 7.34. The highest BCUT2D eigenvalue weighted by Crippen LogP contribution is 2.21. The molecule has 0 radical (unpaired) electrons. The van der Waals surface area contributed by atoms with Crippen molar-refractivity contribution >= 4 is 23.5 Å². The van der Waals surface area contributed by atoms with Crippen LogP contribution in [0.3, 0.4) is 0 Å². The molecule has 1 saturated heterocycles. The molecule has 23 heavy (non-hydrogen) atoms. The van der Waals surface area contributed by atoms with Crippen molar-refractivity contribution in [1.82, 2.24) is 15.1 Å². The Labute approximate surface area is 142 Å². The number of piperidine rings is 1. The molecule has 1 aromatic heterocycles. The van der Waals surface area contributed by atoms with Gasteiger partial charge in [-0.15, -0.1) is 10.2 Å². The number of aryl methyl sites for hydroxylation is 1. The molecule has 1 atom stereocenters. The molecule has 0 saturated carbocycles. The number of carbonyl (C=O) groups is 1. The van der Waals surface area contributed by atoms with Gasteiger partial charge in [0.05, 0.1) is 0 Å². The van der Waals surface area contributed by atoms with E-state index < -0.39 is 5.60 Å². The Balaban J connectivity index is 2.00. The van der Waals surface area contributed by atoms with E-state index in [0.29, 0.717) is 11.7 Å². The van der Waals surface area contributed by atoms with E-state index >= 15 is 0 Å². The lowest BCUT2D eigenvalue weighted by Crippen LogP contribution is -2.47. The van der Waals surface area contributed by atoms with Gasteiger partial charge in [-0.1, -0.05) is 18.5 Å². The Bertz CT molecular complexity index is 560. The van der Waals surface area contributed by atoms with Crippen LogP contribution in [0.2, 0.25) is 5.15 Å². The molecule has 0 unspecified atom stereocenters. The van der Waals surface area contributed by atoms with Crippen LogP contribution in [0.4, 0.5) is 10.6 Å². The van der Waals surface area contributed by atoms with Crippen molar-refractivity contribution in [2.24, 2.45) is 0 Å². The van der Waals surface area contributed by atoms with E-state index in [1.807, 2.05) is 33.8 Å². The van der Waals surface area contributed by atoms with Gasteiger partial charge in [-0.25, -0.2) is 4.79 Å². The number of carbonyl (C=O) groups excluding carboxylic acids is 1. The lowest BCUT2D eigenvalue weighted by atomic mass is 10.1. The molecule has 1 amide bonds. The summed E-state index contributed by atoms with van der Waals surface area (Å²) in [5.74, 6) is 0.743. The zero-order chi connectivity index (χ0) is 17.0. The van der Waals surface area contributed by atoms with E-state index in [4.69, 9.17) is 16.3 Å². The van der Waals surface area contributed by atoms with Crippen molar-refractivity contribution in [1.29, 1.82) is 0 Å². The summed E-state index contributed by atoms with van der Waals surface area (Å²) >= 11 is 5.89. The average molecular weight is 341 g/mol. The SMILES string of the molecule is CCc1cc(Cl)nnc1N[C@@H]1CCCN(C(=O)OC(C)(C)C)C1. The summed E-state index contributed by atoms with van der Waals surface area (Å²) in [5, 5.41) is 11.8. The van der Waals surface area contributed by atoms with E-state index in [2.05, 4.69) is 15.5 Å². The first kappa shape index (κ1) is 17.8. The van der Waals surface area contributed by atoms with Crippen LogP contribution in [0.5, 0.6) is 0 Å². The Morgan fingerprint density at radius 2 is 2.22 bits per heavy atom. The van der Waals surface area contributed by atoms with Gasteiger partial charge in [0.15, 0.2) is 11.0 Å². The molecule has 1 aliphatic rings. The number of ether oxygens (including phenoxy) is 1. The molecular formula is C16H25ClN4O2. The third-order valence-corrected chi connectivity index (χ3v) is 3.82. The monoisotopic (exact) mass is 340 g/mol. The van der Waals surface area contributed by atoms with E-state index in [1.165, 1.54) is 0 Å². The second-order valence-corrected chi connectivity index (χ2v) is 7.19. The lowest BCUT2D eigenvalue weighted by Gasteiger charge is -2.34. The van der Waals surface area contributed by atoms with Gasteiger partial charge in [0.1, 0.15) is 5.60 Å². The van der Waals surface area contributed by atoms with Crippen LogP contribution in [0, 0.1) is 0 Å². The molecule has 2 rings (SSSR count). The van der Waals surface area contributed by atoms with Gasteiger partial charge >= 0.3 is 6.09 Å². The normalized spacial score (nSPS) is 18.7. The maximum atomic E-state index is 12.2. The molecule has 0 aliphatic carbocycles.